The highest BCUT2D eigenvalue weighted by molar-refractivity contribution is 7.98. The van der Waals surface area contributed by atoms with Crippen LogP contribution in [0.2, 0.25) is 5.02 Å². The van der Waals surface area contributed by atoms with Crippen molar-refractivity contribution in [2.45, 2.75) is 6.04 Å². The van der Waals surface area contributed by atoms with E-state index in [2.05, 4.69) is 5.32 Å². The quantitative estimate of drug-likeness (QED) is 0.858. The summed E-state index contributed by atoms with van der Waals surface area (Å²) >= 11 is 7.69. The van der Waals surface area contributed by atoms with Crippen LogP contribution in [0.5, 0.6) is 0 Å². The van der Waals surface area contributed by atoms with Crippen molar-refractivity contribution in [3.05, 3.63) is 34.6 Å². The predicted octanol–water partition coefficient (Wildman–Crippen LogP) is 3.10. The van der Waals surface area contributed by atoms with Crippen LogP contribution in [0.1, 0.15) is 11.6 Å². The molecule has 4 heteroatoms. The smallest absolute Gasteiger partial charge is 0.123 e. The lowest BCUT2D eigenvalue weighted by molar-refractivity contribution is 0.611. The van der Waals surface area contributed by atoms with Crippen molar-refractivity contribution in [1.82, 2.24) is 5.32 Å². The van der Waals surface area contributed by atoms with Crippen LogP contribution in [0.3, 0.4) is 0 Å². The number of halogens is 2. The Morgan fingerprint density at radius 1 is 1.57 bits per heavy atom. The second-order valence-electron chi connectivity index (χ2n) is 2.96. The van der Waals surface area contributed by atoms with Crippen molar-refractivity contribution in [2.75, 3.05) is 19.1 Å². The van der Waals surface area contributed by atoms with E-state index < -0.39 is 0 Å². The van der Waals surface area contributed by atoms with Gasteiger partial charge in [-0.2, -0.15) is 11.8 Å². The molecule has 0 aliphatic rings. The number of thioether (sulfide) groups is 1. The SMILES string of the molecule is CNC(CSC)c1cc(F)ccc1Cl. The van der Waals surface area contributed by atoms with Crippen LogP contribution in [0.4, 0.5) is 4.39 Å². The molecule has 0 aromatic heterocycles. The molecule has 0 amide bonds. The first kappa shape index (κ1) is 11.8. The first-order chi connectivity index (χ1) is 6.69. The molecular weight excluding hydrogens is 221 g/mol. The summed E-state index contributed by atoms with van der Waals surface area (Å²) in [4.78, 5) is 0. The summed E-state index contributed by atoms with van der Waals surface area (Å²) in [5.41, 5.74) is 0.823. The normalized spacial score (nSPS) is 12.9. The molecule has 1 rings (SSSR count). The summed E-state index contributed by atoms with van der Waals surface area (Å²) in [6.45, 7) is 0. The van der Waals surface area contributed by atoms with Gasteiger partial charge in [0.2, 0.25) is 0 Å². The molecule has 0 fully saturated rings. The highest BCUT2D eigenvalue weighted by Crippen LogP contribution is 2.25. The minimum Gasteiger partial charge on any atom is -0.312 e. The highest BCUT2D eigenvalue weighted by Gasteiger charge is 2.12. The number of nitrogens with one attached hydrogen (secondary N) is 1. The van der Waals surface area contributed by atoms with Gasteiger partial charge in [0.05, 0.1) is 0 Å². The molecule has 1 N–H and O–H groups in total. The molecular formula is C10H13ClFNS. The van der Waals surface area contributed by atoms with Crippen molar-refractivity contribution >= 4 is 23.4 Å². The minimum absolute atomic E-state index is 0.105. The van der Waals surface area contributed by atoms with Gasteiger partial charge in [0.1, 0.15) is 5.82 Å². The molecule has 1 atom stereocenters. The zero-order valence-electron chi connectivity index (χ0n) is 8.18. The Bertz CT molecular complexity index is 306. The Labute approximate surface area is 93.0 Å². The summed E-state index contributed by atoms with van der Waals surface area (Å²) in [6.07, 6.45) is 2.01. The minimum atomic E-state index is -0.245. The van der Waals surface area contributed by atoms with Gasteiger partial charge in [-0.15, -0.1) is 0 Å². The average molecular weight is 234 g/mol. The van der Waals surface area contributed by atoms with E-state index in [4.69, 9.17) is 11.6 Å². The highest BCUT2D eigenvalue weighted by atomic mass is 35.5. The topological polar surface area (TPSA) is 12.0 Å². The fraction of sp³-hybridized carbons (Fsp3) is 0.400. The summed E-state index contributed by atoms with van der Waals surface area (Å²) in [5, 5.41) is 3.73. The van der Waals surface area contributed by atoms with E-state index in [1.165, 1.54) is 12.1 Å². The van der Waals surface area contributed by atoms with E-state index in [9.17, 15) is 4.39 Å². The molecule has 0 saturated carbocycles. The van der Waals surface area contributed by atoms with E-state index in [1.54, 1.807) is 17.8 Å². The number of rotatable bonds is 4. The maximum absolute atomic E-state index is 13.0. The number of benzene rings is 1. The summed E-state index contributed by atoms with van der Waals surface area (Å²) in [5.74, 6) is 0.630. The maximum Gasteiger partial charge on any atom is 0.123 e. The van der Waals surface area contributed by atoms with Gasteiger partial charge in [-0.25, -0.2) is 4.39 Å². The molecule has 0 radical (unpaired) electrons. The second-order valence-corrected chi connectivity index (χ2v) is 4.28. The molecule has 0 aliphatic heterocycles. The van der Waals surface area contributed by atoms with Gasteiger partial charge in [0.15, 0.2) is 0 Å². The molecule has 0 saturated heterocycles. The molecule has 1 unspecified atom stereocenters. The van der Waals surface area contributed by atoms with Crippen molar-refractivity contribution < 1.29 is 4.39 Å². The van der Waals surface area contributed by atoms with Crippen molar-refractivity contribution in [3.63, 3.8) is 0 Å². The molecule has 0 aliphatic carbocycles. The molecule has 78 valence electrons. The van der Waals surface area contributed by atoms with Crippen LogP contribution in [-0.4, -0.2) is 19.1 Å². The lowest BCUT2D eigenvalue weighted by Crippen LogP contribution is -2.19. The van der Waals surface area contributed by atoms with E-state index in [-0.39, 0.29) is 11.9 Å². The second kappa shape index (κ2) is 5.59. The Balaban J connectivity index is 2.96. The monoisotopic (exact) mass is 233 g/mol. The molecule has 0 bridgehead atoms. The summed E-state index contributed by atoms with van der Waals surface area (Å²) < 4.78 is 13.0. The number of hydrogen-bond donors (Lipinski definition) is 1. The lowest BCUT2D eigenvalue weighted by atomic mass is 10.1. The fourth-order valence-corrected chi connectivity index (χ4v) is 2.21. The van der Waals surface area contributed by atoms with Crippen molar-refractivity contribution in [1.29, 1.82) is 0 Å². The van der Waals surface area contributed by atoms with E-state index in [1.807, 2.05) is 13.3 Å². The zero-order valence-corrected chi connectivity index (χ0v) is 9.75. The third-order valence-corrected chi connectivity index (χ3v) is 3.03. The van der Waals surface area contributed by atoms with Crippen LogP contribution in [-0.2, 0) is 0 Å². The van der Waals surface area contributed by atoms with Gasteiger partial charge >= 0.3 is 0 Å². The van der Waals surface area contributed by atoms with Gasteiger partial charge < -0.3 is 5.32 Å². The van der Waals surface area contributed by atoms with Crippen molar-refractivity contribution in [2.24, 2.45) is 0 Å². The zero-order chi connectivity index (χ0) is 10.6. The van der Waals surface area contributed by atoms with Gasteiger partial charge in [0.25, 0.3) is 0 Å². The molecule has 0 spiro atoms. The average Bonchev–Trinajstić information content (AvgIpc) is 2.18. The largest absolute Gasteiger partial charge is 0.312 e. The summed E-state index contributed by atoms with van der Waals surface area (Å²) in [6, 6.07) is 4.56. The molecule has 1 aromatic rings. The van der Waals surface area contributed by atoms with Crippen LogP contribution in [0, 0.1) is 5.82 Å². The Hall–Kier alpha value is -0.250. The van der Waals surface area contributed by atoms with Crippen LogP contribution < -0.4 is 5.32 Å². The maximum atomic E-state index is 13.0. The van der Waals surface area contributed by atoms with E-state index in [0.29, 0.717) is 5.02 Å². The van der Waals surface area contributed by atoms with Crippen molar-refractivity contribution in [3.8, 4) is 0 Å². The first-order valence-corrected chi connectivity index (χ1v) is 6.07. The molecule has 0 heterocycles. The Kier molecular flexibility index (Phi) is 4.72. The first-order valence-electron chi connectivity index (χ1n) is 4.30. The molecule has 14 heavy (non-hydrogen) atoms. The van der Waals surface area contributed by atoms with Crippen LogP contribution >= 0.6 is 23.4 Å². The van der Waals surface area contributed by atoms with Crippen LogP contribution in [0.15, 0.2) is 18.2 Å². The van der Waals surface area contributed by atoms with Gasteiger partial charge in [-0.05, 0) is 37.1 Å². The van der Waals surface area contributed by atoms with Gasteiger partial charge in [-0.1, -0.05) is 11.6 Å². The fourth-order valence-electron chi connectivity index (χ4n) is 1.28. The Morgan fingerprint density at radius 2 is 2.29 bits per heavy atom. The van der Waals surface area contributed by atoms with Gasteiger partial charge in [0, 0.05) is 16.8 Å². The third-order valence-electron chi connectivity index (χ3n) is 2.02. The Morgan fingerprint density at radius 3 is 2.86 bits per heavy atom. The standard InChI is InChI=1S/C10H13ClFNS/c1-13-10(6-14-2)8-5-7(12)3-4-9(8)11/h3-5,10,13H,6H2,1-2H3. The summed E-state index contributed by atoms with van der Waals surface area (Å²) in [7, 11) is 1.85. The lowest BCUT2D eigenvalue weighted by Gasteiger charge is -2.16. The van der Waals surface area contributed by atoms with E-state index in [0.717, 1.165) is 11.3 Å². The number of hydrogen-bond acceptors (Lipinski definition) is 2. The third kappa shape index (κ3) is 2.87. The molecule has 1 nitrogen and oxygen atoms in total. The van der Waals surface area contributed by atoms with E-state index >= 15 is 0 Å². The molecule has 1 aromatic carbocycles. The van der Waals surface area contributed by atoms with Gasteiger partial charge in [-0.3, -0.25) is 0 Å². The van der Waals surface area contributed by atoms with Crippen LogP contribution in [0.25, 0.3) is 0 Å². The predicted molar refractivity (Wildman–Crippen MR) is 61.6 cm³/mol.